The number of phenols is 1. The Morgan fingerprint density at radius 3 is 2.67 bits per heavy atom. The Morgan fingerprint density at radius 1 is 1.50 bits per heavy atom. The van der Waals surface area contributed by atoms with Crippen molar-refractivity contribution in [3.8, 4) is 5.75 Å². The molecule has 1 aromatic carbocycles. The van der Waals surface area contributed by atoms with Gasteiger partial charge in [-0.3, -0.25) is 0 Å². The molecule has 1 unspecified atom stereocenters. The predicted molar refractivity (Wildman–Crippen MR) is 48.9 cm³/mol. The highest BCUT2D eigenvalue weighted by Crippen LogP contribution is 2.17. The van der Waals surface area contributed by atoms with Crippen molar-refractivity contribution in [2.75, 3.05) is 0 Å². The maximum absolute atomic E-state index is 9.26. The van der Waals surface area contributed by atoms with Crippen molar-refractivity contribution >= 4 is 0 Å². The number of quaternary nitrogens is 1. The molecule has 0 aromatic heterocycles. The van der Waals surface area contributed by atoms with Gasteiger partial charge >= 0.3 is 0 Å². The van der Waals surface area contributed by atoms with E-state index in [0.29, 0.717) is 11.8 Å². The molecule has 1 aromatic rings. The van der Waals surface area contributed by atoms with Gasteiger partial charge in [-0.15, -0.1) is 0 Å². The Balaban J connectivity index is 2.82. The van der Waals surface area contributed by atoms with Crippen LogP contribution in [0.25, 0.3) is 0 Å². The van der Waals surface area contributed by atoms with Crippen LogP contribution in [0.1, 0.15) is 18.1 Å². The first-order valence-electron chi connectivity index (χ1n) is 4.21. The molecule has 0 spiro atoms. The fraction of sp³-hybridized carbons (Fsp3) is 0.400. The van der Waals surface area contributed by atoms with Crippen LogP contribution in [0.3, 0.4) is 0 Å². The molecule has 0 aliphatic carbocycles. The Kier molecular flexibility index (Phi) is 2.71. The van der Waals surface area contributed by atoms with Crippen molar-refractivity contribution in [1.29, 1.82) is 0 Å². The van der Waals surface area contributed by atoms with Crippen LogP contribution in [-0.4, -0.2) is 11.1 Å². The van der Waals surface area contributed by atoms with E-state index in [1.807, 2.05) is 19.1 Å². The summed E-state index contributed by atoms with van der Waals surface area (Å²) in [7, 11) is 0. The van der Waals surface area contributed by atoms with E-state index < -0.39 is 0 Å². The van der Waals surface area contributed by atoms with Gasteiger partial charge < -0.3 is 10.8 Å². The molecule has 0 amide bonds. The molecule has 0 fully saturated rings. The highest BCUT2D eigenvalue weighted by molar-refractivity contribution is 5.35. The summed E-state index contributed by atoms with van der Waals surface area (Å²) < 4.78 is 0. The standard InChI is InChI=1S/C10H15NO/c1-7-5-9(6-8(2)11)3-4-10(7)12/h3-5,8,12H,6,11H2,1-2H3/p+1. The second-order valence-electron chi connectivity index (χ2n) is 3.43. The number of hydrogen-bond acceptors (Lipinski definition) is 1. The summed E-state index contributed by atoms with van der Waals surface area (Å²) in [6.07, 6.45) is 0.973. The third-order valence-electron chi connectivity index (χ3n) is 1.85. The van der Waals surface area contributed by atoms with E-state index in [2.05, 4.69) is 12.7 Å². The Labute approximate surface area is 73.0 Å². The second-order valence-corrected chi connectivity index (χ2v) is 3.43. The van der Waals surface area contributed by atoms with Gasteiger partial charge in [-0.2, -0.15) is 0 Å². The molecule has 66 valence electrons. The van der Waals surface area contributed by atoms with Gasteiger partial charge in [0.2, 0.25) is 0 Å². The third-order valence-corrected chi connectivity index (χ3v) is 1.85. The zero-order chi connectivity index (χ0) is 9.14. The van der Waals surface area contributed by atoms with Crippen molar-refractivity contribution in [3.05, 3.63) is 29.3 Å². The van der Waals surface area contributed by atoms with E-state index in [9.17, 15) is 5.11 Å². The number of benzene rings is 1. The van der Waals surface area contributed by atoms with Crippen LogP contribution in [0.4, 0.5) is 0 Å². The normalized spacial score (nSPS) is 12.9. The average Bonchev–Trinajstić information content (AvgIpc) is 1.96. The molecule has 1 rings (SSSR count). The number of hydrogen-bond donors (Lipinski definition) is 2. The van der Waals surface area contributed by atoms with Crippen LogP contribution < -0.4 is 5.73 Å². The van der Waals surface area contributed by atoms with Gasteiger partial charge in [0.15, 0.2) is 0 Å². The molecule has 1 atom stereocenters. The quantitative estimate of drug-likeness (QED) is 0.673. The van der Waals surface area contributed by atoms with E-state index in [1.54, 1.807) is 6.07 Å². The molecular weight excluding hydrogens is 150 g/mol. The molecular formula is C10H16NO+. The Hall–Kier alpha value is -1.02. The lowest BCUT2D eigenvalue weighted by molar-refractivity contribution is -0.413. The maximum Gasteiger partial charge on any atom is 0.118 e. The molecule has 2 heteroatoms. The highest BCUT2D eigenvalue weighted by Gasteiger charge is 2.02. The number of phenolic OH excluding ortho intramolecular Hbond substituents is 1. The van der Waals surface area contributed by atoms with Crippen molar-refractivity contribution in [1.82, 2.24) is 0 Å². The minimum Gasteiger partial charge on any atom is -0.508 e. The molecule has 0 heterocycles. The van der Waals surface area contributed by atoms with Gasteiger partial charge in [0, 0.05) is 6.42 Å². The summed E-state index contributed by atoms with van der Waals surface area (Å²) in [5.41, 5.74) is 6.10. The van der Waals surface area contributed by atoms with Crippen molar-refractivity contribution in [3.63, 3.8) is 0 Å². The summed E-state index contributed by atoms with van der Waals surface area (Å²) in [4.78, 5) is 0. The second kappa shape index (κ2) is 3.59. The van der Waals surface area contributed by atoms with Crippen LogP contribution in [-0.2, 0) is 6.42 Å². The number of aromatic hydroxyl groups is 1. The molecule has 12 heavy (non-hydrogen) atoms. The van der Waals surface area contributed by atoms with E-state index in [-0.39, 0.29) is 0 Å². The van der Waals surface area contributed by atoms with Gasteiger partial charge in [-0.25, -0.2) is 0 Å². The van der Waals surface area contributed by atoms with Gasteiger partial charge in [0.25, 0.3) is 0 Å². The lowest BCUT2D eigenvalue weighted by Gasteiger charge is -2.04. The third kappa shape index (κ3) is 2.24. The predicted octanol–water partition coefficient (Wildman–Crippen LogP) is 0.874. The summed E-state index contributed by atoms with van der Waals surface area (Å²) >= 11 is 0. The molecule has 0 radical (unpaired) electrons. The first-order chi connectivity index (χ1) is 5.59. The molecule has 0 bridgehead atoms. The highest BCUT2D eigenvalue weighted by atomic mass is 16.3. The van der Waals surface area contributed by atoms with E-state index in [4.69, 9.17) is 0 Å². The van der Waals surface area contributed by atoms with Crippen LogP contribution in [0.5, 0.6) is 5.75 Å². The van der Waals surface area contributed by atoms with Gasteiger partial charge in [0.1, 0.15) is 5.75 Å². The lowest BCUT2D eigenvalue weighted by Crippen LogP contribution is -2.60. The average molecular weight is 166 g/mol. The van der Waals surface area contributed by atoms with Crippen LogP contribution in [0.15, 0.2) is 18.2 Å². The van der Waals surface area contributed by atoms with Crippen molar-refractivity contribution < 1.29 is 10.8 Å². The van der Waals surface area contributed by atoms with E-state index >= 15 is 0 Å². The molecule has 0 saturated carbocycles. The smallest absolute Gasteiger partial charge is 0.118 e. The van der Waals surface area contributed by atoms with Crippen LogP contribution in [0.2, 0.25) is 0 Å². The van der Waals surface area contributed by atoms with E-state index in [0.717, 1.165) is 12.0 Å². The zero-order valence-corrected chi connectivity index (χ0v) is 7.67. The first-order valence-corrected chi connectivity index (χ1v) is 4.21. The van der Waals surface area contributed by atoms with E-state index in [1.165, 1.54) is 5.56 Å². The monoisotopic (exact) mass is 166 g/mol. The zero-order valence-electron chi connectivity index (χ0n) is 7.67. The van der Waals surface area contributed by atoms with Crippen LogP contribution >= 0.6 is 0 Å². The largest absolute Gasteiger partial charge is 0.508 e. The van der Waals surface area contributed by atoms with Crippen molar-refractivity contribution in [2.45, 2.75) is 26.3 Å². The molecule has 0 saturated heterocycles. The Morgan fingerprint density at radius 2 is 2.17 bits per heavy atom. The van der Waals surface area contributed by atoms with Gasteiger partial charge in [-0.05, 0) is 31.0 Å². The molecule has 2 nitrogen and oxygen atoms in total. The SMILES string of the molecule is Cc1cc(CC(C)[NH3+])ccc1O. The topological polar surface area (TPSA) is 47.9 Å². The fourth-order valence-electron chi connectivity index (χ4n) is 1.25. The molecule has 0 aliphatic rings. The maximum atomic E-state index is 9.26. The van der Waals surface area contributed by atoms with Gasteiger partial charge in [-0.1, -0.05) is 12.1 Å². The Bertz CT molecular complexity index is 269. The summed E-state index contributed by atoms with van der Waals surface area (Å²) in [5.74, 6) is 0.371. The van der Waals surface area contributed by atoms with Crippen LogP contribution in [0, 0.1) is 6.92 Å². The lowest BCUT2D eigenvalue weighted by atomic mass is 10.0. The number of aryl methyl sites for hydroxylation is 1. The molecule has 0 aliphatic heterocycles. The minimum absolute atomic E-state index is 0.371. The fourth-order valence-corrected chi connectivity index (χ4v) is 1.25. The summed E-state index contributed by atoms with van der Waals surface area (Å²) in [6, 6.07) is 6.13. The number of rotatable bonds is 2. The van der Waals surface area contributed by atoms with Crippen molar-refractivity contribution in [2.24, 2.45) is 0 Å². The first kappa shape index (κ1) is 9.07. The summed E-state index contributed by atoms with van der Waals surface area (Å²) in [6.45, 7) is 3.99. The minimum atomic E-state index is 0.371. The van der Waals surface area contributed by atoms with Gasteiger partial charge in [0.05, 0.1) is 6.04 Å². The molecule has 4 N–H and O–H groups in total. The summed E-state index contributed by atoms with van der Waals surface area (Å²) in [5, 5.41) is 9.26.